The van der Waals surface area contributed by atoms with E-state index in [1.165, 1.54) is 64.2 Å². The van der Waals surface area contributed by atoms with Gasteiger partial charge >= 0.3 is 11.9 Å². The van der Waals surface area contributed by atoms with Crippen molar-refractivity contribution in [3.05, 3.63) is 0 Å². The largest absolute Gasteiger partial charge is 0.465 e. The average molecular weight is 509 g/mol. The molecule has 0 aromatic rings. The van der Waals surface area contributed by atoms with Crippen molar-refractivity contribution in [3.63, 3.8) is 0 Å². The fraction of sp³-hybridized carbons (Fsp3) is 0.938. The van der Waals surface area contributed by atoms with Crippen molar-refractivity contribution in [2.75, 3.05) is 13.2 Å². The first-order valence-electron chi connectivity index (χ1n) is 15.6. The van der Waals surface area contributed by atoms with E-state index in [0.29, 0.717) is 25.0 Å². The highest BCUT2D eigenvalue weighted by atomic mass is 16.5. The maximum absolute atomic E-state index is 12.5. The van der Waals surface area contributed by atoms with Crippen LogP contribution in [0.25, 0.3) is 0 Å². The lowest BCUT2D eigenvalue weighted by Crippen LogP contribution is -2.29. The minimum absolute atomic E-state index is 0.0499. The third kappa shape index (κ3) is 15.3. The maximum Gasteiger partial charge on any atom is 0.308 e. The van der Waals surface area contributed by atoms with Gasteiger partial charge in [-0.05, 0) is 62.2 Å². The Hall–Kier alpha value is -1.06. The molecule has 4 nitrogen and oxygen atoms in total. The Balaban J connectivity index is 2.11. The molecule has 1 fully saturated rings. The van der Waals surface area contributed by atoms with Crippen molar-refractivity contribution in [3.8, 4) is 0 Å². The molecule has 4 heteroatoms. The van der Waals surface area contributed by atoms with Crippen molar-refractivity contribution in [1.29, 1.82) is 0 Å². The van der Waals surface area contributed by atoms with E-state index in [1.807, 2.05) is 0 Å². The molecule has 4 atom stereocenters. The summed E-state index contributed by atoms with van der Waals surface area (Å²) in [5.41, 5.74) is 0. The van der Waals surface area contributed by atoms with Crippen molar-refractivity contribution in [2.45, 2.75) is 144 Å². The summed E-state index contributed by atoms with van der Waals surface area (Å²) in [6, 6.07) is 0. The SMILES string of the molecule is CCC(C)CCCCCC(C)COC(=O)C1CCC(C(=O)OCC(C)CCCCCC(C)CC)CC1. The third-order valence-corrected chi connectivity index (χ3v) is 8.60. The van der Waals surface area contributed by atoms with Crippen molar-refractivity contribution in [1.82, 2.24) is 0 Å². The van der Waals surface area contributed by atoms with Crippen LogP contribution < -0.4 is 0 Å². The molecule has 0 aromatic carbocycles. The number of rotatable bonds is 20. The van der Waals surface area contributed by atoms with Gasteiger partial charge in [0, 0.05) is 0 Å². The molecule has 1 rings (SSSR count). The first kappa shape index (κ1) is 33.0. The van der Waals surface area contributed by atoms with E-state index in [9.17, 15) is 9.59 Å². The average Bonchev–Trinajstić information content (AvgIpc) is 2.89. The van der Waals surface area contributed by atoms with Gasteiger partial charge in [-0.2, -0.15) is 0 Å². The molecule has 0 bridgehead atoms. The second kappa shape index (κ2) is 20.0. The number of carbonyl (C=O) groups excluding carboxylic acids is 2. The smallest absolute Gasteiger partial charge is 0.308 e. The molecule has 0 spiro atoms. The minimum Gasteiger partial charge on any atom is -0.465 e. The van der Waals surface area contributed by atoms with E-state index in [0.717, 1.165) is 50.4 Å². The fourth-order valence-corrected chi connectivity index (χ4v) is 5.15. The summed E-state index contributed by atoms with van der Waals surface area (Å²) >= 11 is 0. The summed E-state index contributed by atoms with van der Waals surface area (Å²) in [5, 5.41) is 0. The number of unbranched alkanes of at least 4 members (excludes halogenated alkanes) is 4. The van der Waals surface area contributed by atoms with Crippen LogP contribution in [-0.4, -0.2) is 25.2 Å². The summed E-state index contributed by atoms with van der Waals surface area (Å²) in [4.78, 5) is 25.1. The molecular weight excluding hydrogens is 448 g/mol. The van der Waals surface area contributed by atoms with E-state index in [-0.39, 0.29) is 23.8 Å². The van der Waals surface area contributed by atoms with Gasteiger partial charge in [0.1, 0.15) is 0 Å². The van der Waals surface area contributed by atoms with Gasteiger partial charge < -0.3 is 9.47 Å². The topological polar surface area (TPSA) is 52.6 Å². The lowest BCUT2D eigenvalue weighted by Gasteiger charge is -2.26. The fourth-order valence-electron chi connectivity index (χ4n) is 5.15. The number of hydrogen-bond acceptors (Lipinski definition) is 4. The molecule has 36 heavy (non-hydrogen) atoms. The zero-order valence-electron chi connectivity index (χ0n) is 24.8. The zero-order chi connectivity index (χ0) is 26.8. The first-order valence-corrected chi connectivity index (χ1v) is 15.6. The quantitative estimate of drug-likeness (QED) is 0.121. The molecule has 0 heterocycles. The van der Waals surface area contributed by atoms with Gasteiger partial charge in [-0.25, -0.2) is 0 Å². The summed E-state index contributed by atoms with van der Waals surface area (Å²) in [5.74, 6) is 2.29. The Labute approximate surface area is 224 Å². The van der Waals surface area contributed by atoms with Crippen LogP contribution in [0, 0.1) is 35.5 Å². The van der Waals surface area contributed by atoms with Crippen LogP contribution >= 0.6 is 0 Å². The van der Waals surface area contributed by atoms with E-state index in [2.05, 4.69) is 41.5 Å². The van der Waals surface area contributed by atoms with Gasteiger partial charge in [-0.1, -0.05) is 106 Å². The standard InChI is InChI=1S/C32H60O4/c1-7-25(3)15-11-9-13-17-27(5)23-35-31(33)29-19-21-30(22-20-29)32(34)36-24-28(6)18-14-10-12-16-26(4)8-2/h25-30H,7-24H2,1-6H3. The van der Waals surface area contributed by atoms with Gasteiger partial charge in [-0.3, -0.25) is 9.59 Å². The zero-order valence-corrected chi connectivity index (χ0v) is 24.8. The van der Waals surface area contributed by atoms with Crippen LogP contribution in [0.15, 0.2) is 0 Å². The van der Waals surface area contributed by atoms with E-state index in [1.54, 1.807) is 0 Å². The lowest BCUT2D eigenvalue weighted by molar-refractivity contribution is -0.156. The van der Waals surface area contributed by atoms with E-state index >= 15 is 0 Å². The highest BCUT2D eigenvalue weighted by molar-refractivity contribution is 5.75. The Bertz CT molecular complexity index is 517. The summed E-state index contributed by atoms with van der Waals surface area (Å²) < 4.78 is 11.3. The number of hydrogen-bond donors (Lipinski definition) is 0. The number of carbonyl (C=O) groups is 2. The van der Waals surface area contributed by atoms with Crippen LogP contribution in [0.5, 0.6) is 0 Å². The highest BCUT2D eigenvalue weighted by Crippen LogP contribution is 2.31. The summed E-state index contributed by atoms with van der Waals surface area (Å²) in [7, 11) is 0. The Morgan fingerprint density at radius 3 is 1.17 bits per heavy atom. The van der Waals surface area contributed by atoms with Gasteiger partial charge in [0.2, 0.25) is 0 Å². The number of esters is 2. The molecule has 1 aliphatic carbocycles. The van der Waals surface area contributed by atoms with E-state index < -0.39 is 0 Å². The maximum atomic E-state index is 12.5. The predicted octanol–water partition coefficient (Wildman–Crippen LogP) is 9.14. The molecule has 0 aliphatic heterocycles. The van der Waals surface area contributed by atoms with Crippen LogP contribution in [-0.2, 0) is 19.1 Å². The molecule has 4 unspecified atom stereocenters. The van der Waals surface area contributed by atoms with Crippen molar-refractivity contribution < 1.29 is 19.1 Å². The van der Waals surface area contributed by atoms with Crippen molar-refractivity contribution in [2.24, 2.45) is 35.5 Å². The molecule has 0 amide bonds. The lowest BCUT2D eigenvalue weighted by atomic mass is 9.82. The molecule has 0 aromatic heterocycles. The predicted molar refractivity (Wildman–Crippen MR) is 151 cm³/mol. The van der Waals surface area contributed by atoms with Gasteiger partial charge in [-0.15, -0.1) is 0 Å². The third-order valence-electron chi connectivity index (χ3n) is 8.60. The second-order valence-corrected chi connectivity index (χ2v) is 12.3. The molecule has 1 saturated carbocycles. The Kier molecular flexibility index (Phi) is 18.3. The Morgan fingerprint density at radius 2 is 0.861 bits per heavy atom. The van der Waals surface area contributed by atoms with Crippen LogP contribution in [0.4, 0.5) is 0 Å². The second-order valence-electron chi connectivity index (χ2n) is 12.3. The van der Waals surface area contributed by atoms with Crippen LogP contribution in [0.3, 0.4) is 0 Å². The van der Waals surface area contributed by atoms with Gasteiger partial charge in [0.15, 0.2) is 0 Å². The molecule has 0 radical (unpaired) electrons. The molecule has 0 saturated heterocycles. The minimum atomic E-state index is -0.0626. The summed E-state index contributed by atoms with van der Waals surface area (Å²) in [6.45, 7) is 14.6. The Morgan fingerprint density at radius 1 is 0.556 bits per heavy atom. The summed E-state index contributed by atoms with van der Waals surface area (Å²) in [6.07, 6.45) is 18.0. The van der Waals surface area contributed by atoms with Crippen molar-refractivity contribution >= 4 is 11.9 Å². The highest BCUT2D eigenvalue weighted by Gasteiger charge is 2.32. The molecule has 0 N–H and O–H groups in total. The van der Waals surface area contributed by atoms with Crippen LogP contribution in [0.1, 0.15) is 144 Å². The van der Waals surface area contributed by atoms with Gasteiger partial charge in [0.25, 0.3) is 0 Å². The monoisotopic (exact) mass is 508 g/mol. The molecule has 1 aliphatic rings. The normalized spacial score (nSPS) is 21.4. The molecule has 212 valence electrons. The number of ether oxygens (including phenoxy) is 2. The van der Waals surface area contributed by atoms with E-state index in [4.69, 9.17) is 9.47 Å². The molecular formula is C32H60O4. The van der Waals surface area contributed by atoms with Gasteiger partial charge in [0.05, 0.1) is 25.0 Å². The first-order chi connectivity index (χ1) is 17.3. The van der Waals surface area contributed by atoms with Crippen LogP contribution in [0.2, 0.25) is 0 Å².